The molecule has 0 saturated heterocycles. The highest BCUT2D eigenvalue weighted by Gasteiger charge is 2.26. The van der Waals surface area contributed by atoms with Crippen LogP contribution in [0.4, 0.5) is 0 Å². The molecule has 0 fully saturated rings. The molecule has 1 aliphatic carbocycles. The van der Waals surface area contributed by atoms with Crippen molar-refractivity contribution in [3.05, 3.63) is 49.8 Å². The van der Waals surface area contributed by atoms with Crippen molar-refractivity contribution in [2.24, 2.45) is 7.05 Å². The first-order valence-corrected chi connectivity index (χ1v) is 8.65. The van der Waals surface area contributed by atoms with Crippen LogP contribution in [-0.2, 0) is 13.5 Å². The van der Waals surface area contributed by atoms with Crippen molar-refractivity contribution in [2.45, 2.75) is 32.1 Å². The second-order valence-corrected chi connectivity index (χ2v) is 7.47. The number of rotatable bonds is 3. The lowest BCUT2D eigenvalue weighted by Gasteiger charge is -2.26. The second-order valence-electron chi connectivity index (χ2n) is 6.18. The summed E-state index contributed by atoms with van der Waals surface area (Å²) in [5, 5.41) is 1.10. The van der Waals surface area contributed by atoms with Gasteiger partial charge in [-0.25, -0.2) is 4.98 Å². The monoisotopic (exact) mass is 331 g/mol. The van der Waals surface area contributed by atoms with Crippen LogP contribution in [0, 0.1) is 6.92 Å². The lowest BCUT2D eigenvalue weighted by Crippen LogP contribution is -2.33. The molecule has 1 aliphatic rings. The third-order valence-corrected chi connectivity index (χ3v) is 5.42. The molecule has 3 rings (SSSR count). The third kappa shape index (κ3) is 3.22. The first-order chi connectivity index (χ1) is 11.0. The predicted molar refractivity (Wildman–Crippen MR) is 91.2 cm³/mol. The first-order valence-electron chi connectivity index (χ1n) is 7.84. The zero-order valence-corrected chi connectivity index (χ0v) is 14.5. The van der Waals surface area contributed by atoms with Crippen molar-refractivity contribution in [3.8, 4) is 0 Å². The van der Waals surface area contributed by atoms with E-state index in [1.165, 1.54) is 21.2 Å². The minimum Gasteiger partial charge on any atom is -0.341 e. The molecule has 0 spiro atoms. The normalized spacial score (nSPS) is 16.9. The van der Waals surface area contributed by atoms with Crippen LogP contribution >= 0.6 is 11.3 Å². The van der Waals surface area contributed by atoms with Gasteiger partial charge in [-0.3, -0.25) is 9.59 Å². The topological polar surface area (TPSA) is 55.2 Å². The van der Waals surface area contributed by atoms with E-state index in [0.717, 1.165) is 24.3 Å². The Morgan fingerprint density at radius 1 is 1.52 bits per heavy atom. The summed E-state index contributed by atoms with van der Waals surface area (Å²) in [5.74, 6) is 0.186. The van der Waals surface area contributed by atoms with Gasteiger partial charge in [0.2, 0.25) is 0 Å². The Balaban J connectivity index is 1.76. The maximum Gasteiger partial charge on any atom is 0.253 e. The Hall–Kier alpha value is -1.95. The molecule has 0 radical (unpaired) electrons. The van der Waals surface area contributed by atoms with Crippen LogP contribution in [-0.4, -0.2) is 34.0 Å². The zero-order chi connectivity index (χ0) is 16.6. The minimum absolute atomic E-state index is 0.109. The summed E-state index contributed by atoms with van der Waals surface area (Å²) in [6.07, 6.45) is 4.94. The Bertz CT molecular complexity index is 793. The first kappa shape index (κ1) is 15.9. The predicted octanol–water partition coefficient (Wildman–Crippen LogP) is 2.34. The molecular formula is C17H21N3O2S. The largest absolute Gasteiger partial charge is 0.341 e. The van der Waals surface area contributed by atoms with Gasteiger partial charge in [0.05, 0.1) is 10.7 Å². The Morgan fingerprint density at radius 3 is 3.04 bits per heavy atom. The zero-order valence-electron chi connectivity index (χ0n) is 13.7. The van der Waals surface area contributed by atoms with Crippen LogP contribution in [0.2, 0.25) is 0 Å². The number of hydrogen-bond donors (Lipinski definition) is 0. The number of thiazole rings is 1. The van der Waals surface area contributed by atoms with Gasteiger partial charge < -0.3 is 9.47 Å². The maximum absolute atomic E-state index is 12.6. The van der Waals surface area contributed by atoms with Crippen molar-refractivity contribution in [1.82, 2.24) is 14.5 Å². The van der Waals surface area contributed by atoms with Gasteiger partial charge in [0.1, 0.15) is 0 Å². The molecule has 0 aromatic carbocycles. The maximum atomic E-state index is 12.6. The summed E-state index contributed by atoms with van der Waals surface area (Å²) < 4.78 is 1.46. The Labute approximate surface area is 139 Å². The van der Waals surface area contributed by atoms with Gasteiger partial charge >= 0.3 is 0 Å². The molecule has 0 aliphatic heterocycles. The summed E-state index contributed by atoms with van der Waals surface area (Å²) in [6.45, 7) is 2.68. The molecule has 122 valence electrons. The summed E-state index contributed by atoms with van der Waals surface area (Å²) in [4.78, 5) is 32.0. The smallest absolute Gasteiger partial charge is 0.253 e. The highest BCUT2D eigenvalue weighted by Crippen LogP contribution is 2.35. The molecule has 1 atom stereocenters. The number of likely N-dealkylation sites (N-methyl/N-ethyl adjacent to an activating group) is 1. The summed E-state index contributed by atoms with van der Waals surface area (Å²) in [6, 6.07) is 3.09. The molecule has 0 N–H and O–H groups in total. The average Bonchev–Trinajstić information content (AvgIpc) is 2.90. The fourth-order valence-electron chi connectivity index (χ4n) is 3.12. The highest BCUT2D eigenvalue weighted by atomic mass is 32.1. The van der Waals surface area contributed by atoms with Gasteiger partial charge in [-0.15, -0.1) is 11.3 Å². The molecule has 6 heteroatoms. The molecule has 0 bridgehead atoms. The second kappa shape index (κ2) is 6.28. The fourth-order valence-corrected chi connectivity index (χ4v) is 4.19. The van der Waals surface area contributed by atoms with Gasteiger partial charge in [-0.1, -0.05) is 0 Å². The van der Waals surface area contributed by atoms with E-state index in [-0.39, 0.29) is 11.5 Å². The minimum atomic E-state index is -0.167. The molecule has 5 nitrogen and oxygen atoms in total. The van der Waals surface area contributed by atoms with E-state index < -0.39 is 0 Å². The van der Waals surface area contributed by atoms with Gasteiger partial charge in [0, 0.05) is 49.3 Å². The number of aromatic nitrogens is 2. The number of nitrogens with zero attached hydrogens (tertiary/aromatic N) is 3. The van der Waals surface area contributed by atoms with Crippen molar-refractivity contribution in [2.75, 3.05) is 13.6 Å². The number of carbonyl (C=O) groups is 1. The van der Waals surface area contributed by atoms with Crippen LogP contribution in [0.15, 0.2) is 23.1 Å². The van der Waals surface area contributed by atoms with Crippen LogP contribution in [0.5, 0.6) is 0 Å². The van der Waals surface area contributed by atoms with Crippen LogP contribution in [0.3, 0.4) is 0 Å². The standard InChI is InChI=1S/C17H21N3O2S/c1-11-18-16-13(5-4-6-14(16)23-11)10-20(3)17(22)12-7-8-19(2)15(21)9-12/h7-9,13H,4-6,10H2,1-3H3/t13-/m0/s1. The lowest BCUT2D eigenvalue weighted by molar-refractivity contribution is 0.0782. The highest BCUT2D eigenvalue weighted by molar-refractivity contribution is 7.11. The molecule has 1 amide bonds. The molecule has 23 heavy (non-hydrogen) atoms. The Kier molecular flexibility index (Phi) is 4.35. The average molecular weight is 331 g/mol. The quantitative estimate of drug-likeness (QED) is 0.867. The van der Waals surface area contributed by atoms with Crippen LogP contribution in [0.1, 0.15) is 44.7 Å². The van der Waals surface area contributed by atoms with Crippen molar-refractivity contribution >= 4 is 17.2 Å². The SMILES string of the molecule is Cc1nc2c(s1)CCC[C@H]2CN(C)C(=O)c1ccn(C)c(=O)c1. The number of aryl methyl sites for hydroxylation is 3. The summed E-state index contributed by atoms with van der Waals surface area (Å²) >= 11 is 1.77. The van der Waals surface area contributed by atoms with E-state index in [4.69, 9.17) is 0 Å². The van der Waals surface area contributed by atoms with Gasteiger partial charge in [0.15, 0.2) is 0 Å². The van der Waals surface area contributed by atoms with Gasteiger partial charge in [-0.05, 0) is 32.3 Å². The number of amides is 1. The molecular weight excluding hydrogens is 310 g/mol. The molecule has 2 aromatic rings. The van der Waals surface area contributed by atoms with Crippen molar-refractivity contribution in [1.29, 1.82) is 0 Å². The lowest BCUT2D eigenvalue weighted by atomic mass is 9.90. The van der Waals surface area contributed by atoms with Gasteiger partial charge in [0.25, 0.3) is 11.5 Å². The number of carbonyl (C=O) groups excluding carboxylic acids is 1. The number of fused-ring (bicyclic) bond motifs is 1. The van der Waals surface area contributed by atoms with Crippen molar-refractivity contribution in [3.63, 3.8) is 0 Å². The van der Waals surface area contributed by atoms with Gasteiger partial charge in [-0.2, -0.15) is 0 Å². The summed E-state index contributed by atoms with van der Waals surface area (Å²) in [5.41, 5.74) is 1.45. The Morgan fingerprint density at radius 2 is 2.30 bits per heavy atom. The summed E-state index contributed by atoms with van der Waals surface area (Å²) in [7, 11) is 3.47. The molecule has 0 unspecified atom stereocenters. The molecule has 0 saturated carbocycles. The van der Waals surface area contributed by atoms with Crippen molar-refractivity contribution < 1.29 is 4.79 Å². The third-order valence-electron chi connectivity index (χ3n) is 4.37. The molecule has 2 aromatic heterocycles. The van der Waals surface area contributed by atoms with E-state index in [1.807, 2.05) is 6.92 Å². The van der Waals surface area contributed by atoms with E-state index >= 15 is 0 Å². The van der Waals surface area contributed by atoms with Crippen LogP contribution < -0.4 is 5.56 Å². The number of hydrogen-bond acceptors (Lipinski definition) is 4. The van der Waals surface area contributed by atoms with Crippen LogP contribution in [0.25, 0.3) is 0 Å². The van der Waals surface area contributed by atoms with E-state index in [9.17, 15) is 9.59 Å². The fraction of sp³-hybridized carbons (Fsp3) is 0.471. The molecule has 2 heterocycles. The van der Waals surface area contributed by atoms with E-state index in [1.54, 1.807) is 42.6 Å². The number of pyridine rings is 1. The van der Waals surface area contributed by atoms with E-state index in [2.05, 4.69) is 4.98 Å². The van der Waals surface area contributed by atoms with E-state index in [0.29, 0.717) is 18.0 Å².